The van der Waals surface area contributed by atoms with Crippen LogP contribution in [-0.4, -0.2) is 12.7 Å². The highest BCUT2D eigenvalue weighted by atomic mass is 16.5. The van der Waals surface area contributed by atoms with Gasteiger partial charge in [-0.1, -0.05) is 39.0 Å². The highest BCUT2D eigenvalue weighted by molar-refractivity contribution is 4.74. The molecule has 1 heteroatoms. The Morgan fingerprint density at radius 2 is 1.86 bits per heavy atom. The zero-order valence-corrected chi connectivity index (χ0v) is 9.93. The molecule has 0 aromatic carbocycles. The second-order valence-electron chi connectivity index (χ2n) is 4.53. The molecule has 1 rings (SSSR count). The second kappa shape index (κ2) is 7.28. The number of hydrogen-bond donors (Lipinski definition) is 0. The molecule has 0 heterocycles. The summed E-state index contributed by atoms with van der Waals surface area (Å²) >= 11 is 0. The lowest BCUT2D eigenvalue weighted by molar-refractivity contribution is 0.0120. The van der Waals surface area contributed by atoms with E-state index in [4.69, 9.17) is 4.74 Å². The van der Waals surface area contributed by atoms with Crippen LogP contribution >= 0.6 is 0 Å². The third-order valence-corrected chi connectivity index (χ3v) is 3.40. The van der Waals surface area contributed by atoms with Gasteiger partial charge in [0.1, 0.15) is 0 Å². The number of hydrogen-bond acceptors (Lipinski definition) is 1. The SMILES string of the molecule is CCCCC1CCCCCC1OCC. The minimum atomic E-state index is 0.578. The second-order valence-corrected chi connectivity index (χ2v) is 4.53. The lowest BCUT2D eigenvalue weighted by Crippen LogP contribution is -2.23. The summed E-state index contributed by atoms with van der Waals surface area (Å²) < 4.78 is 5.87. The van der Waals surface area contributed by atoms with Crippen molar-refractivity contribution in [2.24, 2.45) is 5.92 Å². The molecule has 0 bridgehead atoms. The van der Waals surface area contributed by atoms with Crippen molar-refractivity contribution in [2.75, 3.05) is 6.61 Å². The van der Waals surface area contributed by atoms with Gasteiger partial charge in [-0.05, 0) is 32.1 Å². The Kier molecular flexibility index (Phi) is 6.25. The standard InChI is InChI=1S/C13H26O/c1-3-5-9-12-10-7-6-8-11-13(12)14-4-2/h12-13H,3-11H2,1-2H3. The smallest absolute Gasteiger partial charge is 0.0603 e. The predicted octanol–water partition coefficient (Wildman–Crippen LogP) is 4.16. The van der Waals surface area contributed by atoms with Gasteiger partial charge in [0.15, 0.2) is 0 Å². The Morgan fingerprint density at radius 1 is 1.07 bits per heavy atom. The predicted molar refractivity (Wildman–Crippen MR) is 61.5 cm³/mol. The van der Waals surface area contributed by atoms with Gasteiger partial charge in [-0.25, -0.2) is 0 Å². The van der Waals surface area contributed by atoms with Gasteiger partial charge < -0.3 is 4.74 Å². The molecule has 0 amide bonds. The highest BCUT2D eigenvalue weighted by Gasteiger charge is 2.23. The topological polar surface area (TPSA) is 9.23 Å². The van der Waals surface area contributed by atoms with Crippen molar-refractivity contribution in [2.45, 2.75) is 71.3 Å². The summed E-state index contributed by atoms with van der Waals surface area (Å²) in [7, 11) is 0. The molecule has 0 radical (unpaired) electrons. The molecule has 1 saturated carbocycles. The van der Waals surface area contributed by atoms with Gasteiger partial charge in [-0.15, -0.1) is 0 Å². The third-order valence-electron chi connectivity index (χ3n) is 3.40. The van der Waals surface area contributed by atoms with Gasteiger partial charge in [0.25, 0.3) is 0 Å². The van der Waals surface area contributed by atoms with E-state index < -0.39 is 0 Å². The monoisotopic (exact) mass is 198 g/mol. The molecule has 14 heavy (non-hydrogen) atoms. The molecular weight excluding hydrogens is 172 g/mol. The zero-order chi connectivity index (χ0) is 10.2. The average Bonchev–Trinajstić information content (AvgIpc) is 2.41. The van der Waals surface area contributed by atoms with Crippen molar-refractivity contribution in [1.82, 2.24) is 0 Å². The molecule has 0 saturated heterocycles. The summed E-state index contributed by atoms with van der Waals surface area (Å²) in [5, 5.41) is 0. The van der Waals surface area contributed by atoms with Crippen LogP contribution in [0.1, 0.15) is 65.2 Å². The Morgan fingerprint density at radius 3 is 2.57 bits per heavy atom. The van der Waals surface area contributed by atoms with Gasteiger partial charge in [0.2, 0.25) is 0 Å². The first-order valence-electron chi connectivity index (χ1n) is 6.50. The molecule has 0 N–H and O–H groups in total. The van der Waals surface area contributed by atoms with E-state index in [1.165, 1.54) is 51.4 Å². The quantitative estimate of drug-likeness (QED) is 0.603. The summed E-state index contributed by atoms with van der Waals surface area (Å²) in [6.45, 7) is 5.31. The maximum atomic E-state index is 5.87. The normalized spacial score (nSPS) is 28.7. The van der Waals surface area contributed by atoms with E-state index in [0.717, 1.165) is 12.5 Å². The van der Waals surface area contributed by atoms with E-state index in [0.29, 0.717) is 6.10 Å². The molecule has 84 valence electrons. The molecular formula is C13H26O. The van der Waals surface area contributed by atoms with Crippen LogP contribution in [0.15, 0.2) is 0 Å². The Bertz CT molecular complexity index is 133. The first-order chi connectivity index (χ1) is 6.88. The van der Waals surface area contributed by atoms with Gasteiger partial charge in [-0.3, -0.25) is 0 Å². The minimum Gasteiger partial charge on any atom is -0.378 e. The third kappa shape index (κ3) is 4.00. The van der Waals surface area contributed by atoms with Crippen molar-refractivity contribution in [3.8, 4) is 0 Å². The van der Waals surface area contributed by atoms with Crippen molar-refractivity contribution in [1.29, 1.82) is 0 Å². The van der Waals surface area contributed by atoms with Crippen molar-refractivity contribution in [3.05, 3.63) is 0 Å². The van der Waals surface area contributed by atoms with Crippen LogP contribution in [0.4, 0.5) is 0 Å². The maximum Gasteiger partial charge on any atom is 0.0603 e. The Hall–Kier alpha value is -0.0400. The average molecular weight is 198 g/mol. The molecule has 0 aromatic rings. The highest BCUT2D eigenvalue weighted by Crippen LogP contribution is 2.29. The molecule has 1 nitrogen and oxygen atoms in total. The summed E-state index contributed by atoms with van der Waals surface area (Å²) in [4.78, 5) is 0. The molecule has 1 aliphatic rings. The fourth-order valence-corrected chi connectivity index (χ4v) is 2.58. The molecule has 0 aliphatic heterocycles. The van der Waals surface area contributed by atoms with Crippen LogP contribution in [0.2, 0.25) is 0 Å². The van der Waals surface area contributed by atoms with E-state index in [2.05, 4.69) is 13.8 Å². The lowest BCUT2D eigenvalue weighted by atomic mass is 9.91. The molecule has 0 spiro atoms. The molecule has 2 atom stereocenters. The van der Waals surface area contributed by atoms with Gasteiger partial charge in [-0.2, -0.15) is 0 Å². The number of unbranched alkanes of at least 4 members (excludes halogenated alkanes) is 1. The van der Waals surface area contributed by atoms with Crippen LogP contribution in [0.25, 0.3) is 0 Å². The van der Waals surface area contributed by atoms with Crippen LogP contribution in [0.3, 0.4) is 0 Å². The van der Waals surface area contributed by atoms with E-state index >= 15 is 0 Å². The summed E-state index contributed by atoms with van der Waals surface area (Å²) in [6.07, 6.45) is 11.6. The Balaban J connectivity index is 2.37. The Labute approximate surface area is 89.2 Å². The molecule has 1 aliphatic carbocycles. The largest absolute Gasteiger partial charge is 0.378 e. The lowest BCUT2D eigenvalue weighted by Gasteiger charge is -2.24. The first kappa shape index (κ1) is 12.0. The molecule has 0 aromatic heterocycles. The van der Waals surface area contributed by atoms with Crippen molar-refractivity contribution >= 4 is 0 Å². The van der Waals surface area contributed by atoms with Crippen molar-refractivity contribution in [3.63, 3.8) is 0 Å². The van der Waals surface area contributed by atoms with Gasteiger partial charge >= 0.3 is 0 Å². The number of ether oxygens (including phenoxy) is 1. The zero-order valence-electron chi connectivity index (χ0n) is 9.93. The summed E-state index contributed by atoms with van der Waals surface area (Å²) in [6, 6.07) is 0. The summed E-state index contributed by atoms with van der Waals surface area (Å²) in [5.74, 6) is 0.859. The fourth-order valence-electron chi connectivity index (χ4n) is 2.58. The van der Waals surface area contributed by atoms with E-state index in [1.54, 1.807) is 0 Å². The van der Waals surface area contributed by atoms with Crippen molar-refractivity contribution < 1.29 is 4.74 Å². The van der Waals surface area contributed by atoms with Crippen LogP contribution in [-0.2, 0) is 4.74 Å². The first-order valence-corrected chi connectivity index (χ1v) is 6.50. The molecule has 2 unspecified atom stereocenters. The van der Waals surface area contributed by atoms with Crippen LogP contribution in [0, 0.1) is 5.92 Å². The summed E-state index contributed by atoms with van der Waals surface area (Å²) in [5.41, 5.74) is 0. The van der Waals surface area contributed by atoms with Crippen LogP contribution < -0.4 is 0 Å². The minimum absolute atomic E-state index is 0.578. The van der Waals surface area contributed by atoms with Gasteiger partial charge in [0.05, 0.1) is 6.10 Å². The maximum absolute atomic E-state index is 5.87. The van der Waals surface area contributed by atoms with Gasteiger partial charge in [0, 0.05) is 6.61 Å². The molecule has 1 fully saturated rings. The van der Waals surface area contributed by atoms with E-state index in [-0.39, 0.29) is 0 Å². The number of rotatable bonds is 5. The van der Waals surface area contributed by atoms with E-state index in [9.17, 15) is 0 Å². The van der Waals surface area contributed by atoms with Crippen LogP contribution in [0.5, 0.6) is 0 Å². The van der Waals surface area contributed by atoms with E-state index in [1.807, 2.05) is 0 Å². The fraction of sp³-hybridized carbons (Fsp3) is 1.00.